The Balaban J connectivity index is 1.83. The molecule has 0 atom stereocenters. The number of guanidine groups is 1. The third-order valence-corrected chi connectivity index (χ3v) is 5.25. The number of aliphatic imine (C=N–C) groups is 1. The van der Waals surface area contributed by atoms with Gasteiger partial charge in [-0.2, -0.15) is 5.10 Å². The van der Waals surface area contributed by atoms with Crippen molar-refractivity contribution in [1.82, 2.24) is 20.8 Å². The van der Waals surface area contributed by atoms with Gasteiger partial charge in [0, 0.05) is 29.1 Å². The second-order valence-corrected chi connectivity index (χ2v) is 7.55. The van der Waals surface area contributed by atoms with Gasteiger partial charge in [-0.3, -0.25) is 10.1 Å². The summed E-state index contributed by atoms with van der Waals surface area (Å²) in [7, 11) is 0. The van der Waals surface area contributed by atoms with E-state index in [4.69, 9.17) is 4.99 Å². The van der Waals surface area contributed by atoms with Crippen LogP contribution in [0.15, 0.2) is 28.7 Å². The lowest BCUT2D eigenvalue weighted by Gasteiger charge is -2.21. The molecule has 6 heteroatoms. The summed E-state index contributed by atoms with van der Waals surface area (Å²) in [6, 6.07) is 4.29. The highest BCUT2D eigenvalue weighted by Gasteiger charge is 2.21. The Bertz CT molecular complexity index is 628. The minimum atomic E-state index is 0.0599. The smallest absolute Gasteiger partial charge is 0.191 e. The minimum absolute atomic E-state index is 0.0599. The molecule has 0 aliphatic carbocycles. The third kappa shape index (κ3) is 5.37. The van der Waals surface area contributed by atoms with E-state index in [0.717, 1.165) is 44.1 Å². The first-order valence-corrected chi connectivity index (χ1v) is 9.46. The second kappa shape index (κ2) is 8.87. The Hall–Kier alpha value is -1.82. The average Bonchev–Trinajstić information content (AvgIpc) is 3.21. The van der Waals surface area contributed by atoms with Crippen LogP contribution in [0.5, 0.6) is 0 Å². The van der Waals surface area contributed by atoms with Gasteiger partial charge < -0.3 is 10.6 Å². The maximum Gasteiger partial charge on any atom is 0.191 e. The fraction of sp³-hybridized carbons (Fsp3) is 0.556. The zero-order valence-electron chi connectivity index (χ0n) is 15.1. The van der Waals surface area contributed by atoms with Crippen LogP contribution in [-0.4, -0.2) is 35.8 Å². The molecule has 0 unspecified atom stereocenters. The Morgan fingerprint density at radius 3 is 2.83 bits per heavy atom. The molecule has 5 nitrogen and oxygen atoms in total. The van der Waals surface area contributed by atoms with E-state index in [-0.39, 0.29) is 5.41 Å². The summed E-state index contributed by atoms with van der Waals surface area (Å²) in [6.07, 6.45) is 3.99. The van der Waals surface area contributed by atoms with Gasteiger partial charge in [0.25, 0.3) is 0 Å². The molecule has 2 aromatic heterocycles. The van der Waals surface area contributed by atoms with Crippen molar-refractivity contribution in [1.29, 1.82) is 0 Å². The monoisotopic (exact) mass is 347 g/mol. The molecule has 0 saturated carbocycles. The molecule has 0 radical (unpaired) electrons. The van der Waals surface area contributed by atoms with Crippen LogP contribution >= 0.6 is 11.3 Å². The molecule has 0 amide bonds. The molecule has 2 heterocycles. The van der Waals surface area contributed by atoms with Crippen molar-refractivity contribution in [3.05, 3.63) is 39.8 Å². The van der Waals surface area contributed by atoms with Crippen LogP contribution in [0.4, 0.5) is 0 Å². The van der Waals surface area contributed by atoms with Gasteiger partial charge in [-0.1, -0.05) is 19.9 Å². The van der Waals surface area contributed by atoms with Gasteiger partial charge in [-0.15, -0.1) is 11.3 Å². The number of rotatable bonds is 8. The molecule has 0 aliphatic rings. The van der Waals surface area contributed by atoms with Crippen molar-refractivity contribution < 1.29 is 0 Å². The zero-order valence-corrected chi connectivity index (χ0v) is 16.0. The third-order valence-electron chi connectivity index (χ3n) is 4.01. The number of aryl methyl sites for hydroxylation is 2. The predicted octanol–water partition coefficient (Wildman–Crippen LogP) is 3.25. The molecule has 132 valence electrons. The molecule has 0 bridgehead atoms. The Kier molecular flexibility index (Phi) is 6.85. The maximum absolute atomic E-state index is 4.78. The SMILES string of the molecule is CCNC(=NCC(C)(C)c1cccs1)NCCCc1cn[nH]c1C. The van der Waals surface area contributed by atoms with Gasteiger partial charge in [0.05, 0.1) is 12.7 Å². The minimum Gasteiger partial charge on any atom is -0.357 e. The Morgan fingerprint density at radius 2 is 2.21 bits per heavy atom. The van der Waals surface area contributed by atoms with Crippen molar-refractivity contribution >= 4 is 17.3 Å². The number of hydrogen-bond donors (Lipinski definition) is 3. The maximum atomic E-state index is 4.78. The lowest BCUT2D eigenvalue weighted by molar-refractivity contribution is 0.548. The normalized spacial score (nSPS) is 12.4. The fourth-order valence-electron chi connectivity index (χ4n) is 2.47. The van der Waals surface area contributed by atoms with Crippen LogP contribution in [0, 0.1) is 6.92 Å². The largest absolute Gasteiger partial charge is 0.357 e. The van der Waals surface area contributed by atoms with Gasteiger partial charge in [-0.25, -0.2) is 0 Å². The lowest BCUT2D eigenvalue weighted by atomic mass is 9.92. The quantitative estimate of drug-likeness (QED) is 0.390. The van der Waals surface area contributed by atoms with Gasteiger partial charge in [-0.05, 0) is 43.7 Å². The first kappa shape index (κ1) is 18.5. The van der Waals surface area contributed by atoms with Crippen molar-refractivity contribution in [2.24, 2.45) is 4.99 Å². The van der Waals surface area contributed by atoms with Crippen LogP contribution in [-0.2, 0) is 11.8 Å². The number of nitrogens with zero attached hydrogens (tertiary/aromatic N) is 2. The fourth-order valence-corrected chi connectivity index (χ4v) is 3.32. The van der Waals surface area contributed by atoms with Crippen LogP contribution in [0.2, 0.25) is 0 Å². The first-order valence-electron chi connectivity index (χ1n) is 8.58. The standard InChI is InChI=1S/C18H29N5S/c1-5-19-17(20-10-6-8-15-12-22-23-14(15)2)21-13-18(3,4)16-9-7-11-24-16/h7,9,11-12H,5-6,8,10,13H2,1-4H3,(H,22,23)(H2,19,20,21). The van der Waals surface area contributed by atoms with Crippen molar-refractivity contribution in [2.45, 2.75) is 46.0 Å². The molecule has 0 saturated heterocycles. The predicted molar refractivity (Wildman–Crippen MR) is 103 cm³/mol. The van der Waals surface area contributed by atoms with E-state index in [0.29, 0.717) is 0 Å². The molecular weight excluding hydrogens is 318 g/mol. The molecule has 2 aromatic rings. The van der Waals surface area contributed by atoms with Gasteiger partial charge >= 0.3 is 0 Å². The summed E-state index contributed by atoms with van der Waals surface area (Å²) < 4.78 is 0. The van der Waals surface area contributed by atoms with Gasteiger partial charge in [0.15, 0.2) is 5.96 Å². The number of aromatic nitrogens is 2. The summed E-state index contributed by atoms with van der Waals surface area (Å²) in [5.41, 5.74) is 2.51. The average molecular weight is 348 g/mol. The van der Waals surface area contributed by atoms with E-state index in [1.54, 1.807) is 11.3 Å². The van der Waals surface area contributed by atoms with Crippen LogP contribution in [0.3, 0.4) is 0 Å². The highest BCUT2D eigenvalue weighted by Crippen LogP contribution is 2.27. The number of H-pyrrole nitrogens is 1. The van der Waals surface area contributed by atoms with Crippen LogP contribution < -0.4 is 10.6 Å². The highest BCUT2D eigenvalue weighted by atomic mass is 32.1. The summed E-state index contributed by atoms with van der Waals surface area (Å²) in [5, 5.41) is 15.9. The van der Waals surface area contributed by atoms with E-state index >= 15 is 0 Å². The summed E-state index contributed by atoms with van der Waals surface area (Å²) in [5.74, 6) is 0.894. The highest BCUT2D eigenvalue weighted by molar-refractivity contribution is 7.10. The topological polar surface area (TPSA) is 65.1 Å². The number of nitrogens with one attached hydrogen (secondary N) is 3. The molecule has 0 fully saturated rings. The van der Waals surface area contributed by atoms with Crippen molar-refractivity contribution in [3.8, 4) is 0 Å². The zero-order chi connectivity index (χ0) is 17.4. The van der Waals surface area contributed by atoms with Gasteiger partial charge in [0.1, 0.15) is 0 Å². The molecule has 0 spiro atoms. The van der Waals surface area contributed by atoms with Crippen molar-refractivity contribution in [2.75, 3.05) is 19.6 Å². The van der Waals surface area contributed by atoms with E-state index in [1.165, 1.54) is 10.4 Å². The molecule has 0 aliphatic heterocycles. The second-order valence-electron chi connectivity index (χ2n) is 6.61. The molecule has 24 heavy (non-hydrogen) atoms. The number of hydrogen-bond acceptors (Lipinski definition) is 3. The van der Waals surface area contributed by atoms with Gasteiger partial charge in [0.2, 0.25) is 0 Å². The number of thiophene rings is 1. The summed E-state index contributed by atoms with van der Waals surface area (Å²) in [6.45, 7) is 11.2. The van der Waals surface area contributed by atoms with E-state index in [1.807, 2.05) is 6.20 Å². The van der Waals surface area contributed by atoms with Crippen LogP contribution in [0.1, 0.15) is 43.3 Å². The number of aromatic amines is 1. The summed E-state index contributed by atoms with van der Waals surface area (Å²) >= 11 is 1.80. The van der Waals surface area contributed by atoms with E-state index in [9.17, 15) is 0 Å². The molecule has 2 rings (SSSR count). The van der Waals surface area contributed by atoms with E-state index in [2.05, 4.69) is 66.0 Å². The molecule has 0 aromatic carbocycles. The van der Waals surface area contributed by atoms with Crippen molar-refractivity contribution in [3.63, 3.8) is 0 Å². The first-order chi connectivity index (χ1) is 11.5. The Morgan fingerprint density at radius 1 is 1.38 bits per heavy atom. The molecule has 3 N–H and O–H groups in total. The lowest BCUT2D eigenvalue weighted by Crippen LogP contribution is -2.39. The Labute approximate surface area is 149 Å². The van der Waals surface area contributed by atoms with Crippen LogP contribution in [0.25, 0.3) is 0 Å². The van der Waals surface area contributed by atoms with E-state index < -0.39 is 0 Å². The molecular formula is C18H29N5S. The summed E-state index contributed by atoms with van der Waals surface area (Å²) in [4.78, 5) is 6.15.